The van der Waals surface area contributed by atoms with Gasteiger partial charge in [0.15, 0.2) is 0 Å². The van der Waals surface area contributed by atoms with Crippen LogP contribution < -0.4 is 5.73 Å². The molecule has 0 aliphatic carbocycles. The van der Waals surface area contributed by atoms with Crippen molar-refractivity contribution in [3.05, 3.63) is 47.3 Å². The van der Waals surface area contributed by atoms with Gasteiger partial charge >= 0.3 is 0 Å². The summed E-state index contributed by atoms with van der Waals surface area (Å²) in [6.45, 7) is -0.122. The van der Waals surface area contributed by atoms with E-state index in [0.29, 0.717) is 17.5 Å². The maximum Gasteiger partial charge on any atom is 0.261 e. The van der Waals surface area contributed by atoms with E-state index in [9.17, 15) is 14.0 Å². The van der Waals surface area contributed by atoms with Gasteiger partial charge in [0.2, 0.25) is 0 Å². The first-order valence-corrected chi connectivity index (χ1v) is 5.12. The monoisotopic (exact) mass is 270 g/mol. The van der Waals surface area contributed by atoms with Gasteiger partial charge < -0.3 is 5.73 Å². The summed E-state index contributed by atoms with van der Waals surface area (Å²) in [6.07, 6.45) is 0.337. The first-order valence-electron chi connectivity index (χ1n) is 5.12. The minimum atomic E-state index is -0.404. The maximum atomic E-state index is 12.4. The van der Waals surface area contributed by atoms with E-state index in [4.69, 9.17) is 5.73 Å². The van der Waals surface area contributed by atoms with Gasteiger partial charge in [-0.05, 0) is 17.7 Å². The minimum Gasteiger partial charge on any atom is -0.327 e. The third-order valence-electron chi connectivity index (χ3n) is 2.66. The SMILES string of the molecule is Cl.NC/C(=C/F)CN1C(=O)c2ccccc2C1=O. The van der Waals surface area contributed by atoms with Crippen molar-refractivity contribution >= 4 is 24.2 Å². The van der Waals surface area contributed by atoms with Crippen LogP contribution in [-0.2, 0) is 0 Å². The van der Waals surface area contributed by atoms with Crippen molar-refractivity contribution in [1.29, 1.82) is 0 Å². The Labute approximate surface area is 110 Å². The normalized spacial score (nSPS) is 14.6. The molecule has 0 atom stereocenters. The van der Waals surface area contributed by atoms with E-state index in [1.54, 1.807) is 24.3 Å². The molecule has 1 aliphatic heterocycles. The molecule has 1 aromatic rings. The van der Waals surface area contributed by atoms with Crippen molar-refractivity contribution in [2.24, 2.45) is 5.73 Å². The van der Waals surface area contributed by atoms with Crippen LogP contribution in [0.4, 0.5) is 4.39 Å². The van der Waals surface area contributed by atoms with Crippen LogP contribution in [0.15, 0.2) is 36.2 Å². The zero-order chi connectivity index (χ0) is 12.4. The Bertz CT molecular complexity index is 482. The number of hydrogen-bond donors (Lipinski definition) is 1. The Morgan fingerprint density at radius 3 is 2.11 bits per heavy atom. The number of carbonyl (C=O) groups excluding carboxylic acids is 2. The predicted molar refractivity (Wildman–Crippen MR) is 67.3 cm³/mol. The fourth-order valence-electron chi connectivity index (χ4n) is 1.73. The Morgan fingerprint density at radius 2 is 1.72 bits per heavy atom. The van der Waals surface area contributed by atoms with Crippen LogP contribution in [0.25, 0.3) is 0 Å². The van der Waals surface area contributed by atoms with Gasteiger partial charge in [-0.3, -0.25) is 14.5 Å². The van der Waals surface area contributed by atoms with E-state index in [0.717, 1.165) is 4.90 Å². The van der Waals surface area contributed by atoms with E-state index in [1.165, 1.54) is 0 Å². The molecule has 0 fully saturated rings. The minimum absolute atomic E-state index is 0. The number of hydrogen-bond acceptors (Lipinski definition) is 3. The molecule has 1 aliphatic rings. The maximum absolute atomic E-state index is 12.4. The van der Waals surface area contributed by atoms with Crippen LogP contribution in [0.1, 0.15) is 20.7 Å². The number of carbonyl (C=O) groups is 2. The van der Waals surface area contributed by atoms with Crippen LogP contribution in [0.3, 0.4) is 0 Å². The third-order valence-corrected chi connectivity index (χ3v) is 2.66. The van der Waals surface area contributed by atoms with Gasteiger partial charge in [-0.25, -0.2) is 4.39 Å². The molecule has 0 saturated heterocycles. The van der Waals surface area contributed by atoms with Crippen molar-refractivity contribution in [1.82, 2.24) is 4.90 Å². The molecule has 1 heterocycles. The molecule has 0 aromatic heterocycles. The molecule has 4 nitrogen and oxygen atoms in total. The Balaban J connectivity index is 0.00000162. The molecule has 1 aromatic carbocycles. The van der Waals surface area contributed by atoms with Crippen molar-refractivity contribution in [3.8, 4) is 0 Å². The van der Waals surface area contributed by atoms with E-state index < -0.39 is 11.8 Å². The molecule has 2 rings (SSSR count). The van der Waals surface area contributed by atoms with Crippen molar-refractivity contribution in [2.45, 2.75) is 0 Å². The van der Waals surface area contributed by atoms with Gasteiger partial charge in [0.25, 0.3) is 11.8 Å². The van der Waals surface area contributed by atoms with Crippen molar-refractivity contribution in [3.63, 3.8) is 0 Å². The number of amides is 2. The fourth-order valence-corrected chi connectivity index (χ4v) is 1.73. The third kappa shape index (κ3) is 2.27. The van der Waals surface area contributed by atoms with Crippen LogP contribution in [0.2, 0.25) is 0 Å². The average molecular weight is 271 g/mol. The molecular weight excluding hydrogens is 259 g/mol. The molecule has 18 heavy (non-hydrogen) atoms. The molecule has 0 bridgehead atoms. The summed E-state index contributed by atoms with van der Waals surface area (Å²) in [5, 5.41) is 0. The van der Waals surface area contributed by atoms with E-state index in [-0.39, 0.29) is 31.1 Å². The summed E-state index contributed by atoms with van der Waals surface area (Å²) in [7, 11) is 0. The number of nitrogens with two attached hydrogens (primary N) is 1. The number of rotatable bonds is 3. The summed E-state index contributed by atoms with van der Waals surface area (Å²) in [5.74, 6) is -0.809. The second-order valence-corrected chi connectivity index (χ2v) is 3.71. The zero-order valence-electron chi connectivity index (χ0n) is 9.43. The molecule has 2 N–H and O–H groups in total. The average Bonchev–Trinajstić information content (AvgIpc) is 2.61. The molecule has 96 valence electrons. The highest BCUT2D eigenvalue weighted by Gasteiger charge is 2.35. The van der Waals surface area contributed by atoms with Gasteiger partial charge in [0.1, 0.15) is 0 Å². The highest BCUT2D eigenvalue weighted by molar-refractivity contribution is 6.21. The van der Waals surface area contributed by atoms with E-state index >= 15 is 0 Å². The lowest BCUT2D eigenvalue weighted by Crippen LogP contribution is -2.33. The topological polar surface area (TPSA) is 63.4 Å². The van der Waals surface area contributed by atoms with Gasteiger partial charge in [0.05, 0.1) is 24.0 Å². The van der Waals surface area contributed by atoms with Crippen LogP contribution in [0, 0.1) is 0 Å². The highest BCUT2D eigenvalue weighted by Crippen LogP contribution is 2.22. The quantitative estimate of drug-likeness (QED) is 0.847. The van der Waals surface area contributed by atoms with E-state index in [2.05, 4.69) is 0 Å². The molecular formula is C12H12ClFN2O2. The van der Waals surface area contributed by atoms with Crippen LogP contribution in [0.5, 0.6) is 0 Å². The van der Waals surface area contributed by atoms with Crippen molar-refractivity contribution in [2.75, 3.05) is 13.1 Å². The van der Waals surface area contributed by atoms with Crippen molar-refractivity contribution < 1.29 is 14.0 Å². The molecule has 0 unspecified atom stereocenters. The first kappa shape index (κ1) is 14.3. The van der Waals surface area contributed by atoms with Gasteiger partial charge in [-0.1, -0.05) is 12.1 Å². The molecule has 0 saturated carbocycles. The zero-order valence-corrected chi connectivity index (χ0v) is 10.2. The number of fused-ring (bicyclic) bond motifs is 1. The van der Waals surface area contributed by atoms with Gasteiger partial charge in [-0.2, -0.15) is 0 Å². The van der Waals surface area contributed by atoms with Gasteiger partial charge in [-0.15, -0.1) is 12.4 Å². The largest absolute Gasteiger partial charge is 0.327 e. The number of benzene rings is 1. The molecule has 0 spiro atoms. The molecule has 2 amide bonds. The Hall–Kier alpha value is -1.72. The van der Waals surface area contributed by atoms with E-state index in [1.807, 2.05) is 0 Å². The number of nitrogens with zero attached hydrogens (tertiary/aromatic N) is 1. The lowest BCUT2D eigenvalue weighted by Gasteiger charge is -2.14. The lowest BCUT2D eigenvalue weighted by atomic mass is 10.1. The Morgan fingerprint density at radius 1 is 1.22 bits per heavy atom. The summed E-state index contributed by atoms with van der Waals surface area (Å²) < 4.78 is 12.4. The Kier molecular flexibility index (Phi) is 4.58. The second kappa shape index (κ2) is 5.75. The predicted octanol–water partition coefficient (Wildman–Crippen LogP) is 1.52. The highest BCUT2D eigenvalue weighted by atomic mass is 35.5. The first-order chi connectivity index (χ1) is 8.19. The summed E-state index contributed by atoms with van der Waals surface area (Å²) in [4.78, 5) is 24.8. The fraction of sp³-hybridized carbons (Fsp3) is 0.167. The number of imide groups is 1. The smallest absolute Gasteiger partial charge is 0.261 e. The van der Waals surface area contributed by atoms with Crippen LogP contribution in [-0.4, -0.2) is 29.8 Å². The second-order valence-electron chi connectivity index (χ2n) is 3.71. The number of halogens is 2. The lowest BCUT2D eigenvalue weighted by molar-refractivity contribution is 0.0667. The summed E-state index contributed by atoms with van der Waals surface area (Å²) >= 11 is 0. The van der Waals surface area contributed by atoms with Gasteiger partial charge in [0, 0.05) is 6.54 Å². The van der Waals surface area contributed by atoms with Crippen LogP contribution >= 0.6 is 12.4 Å². The summed E-state index contributed by atoms with van der Waals surface area (Å²) in [6, 6.07) is 6.53. The molecule has 0 radical (unpaired) electrons. The standard InChI is InChI=1S/C12H11FN2O2.ClH/c13-5-8(6-14)7-15-11(16)9-3-1-2-4-10(9)12(15)17;/h1-5H,6-7,14H2;1H/b8-5-;. The molecule has 6 heteroatoms. The summed E-state index contributed by atoms with van der Waals surface area (Å²) in [5.41, 5.74) is 6.22.